The van der Waals surface area contributed by atoms with Crippen molar-refractivity contribution < 1.29 is 4.74 Å². The van der Waals surface area contributed by atoms with Gasteiger partial charge in [0.1, 0.15) is 18.2 Å². The fraction of sp³-hybridized carbons (Fsp3) is 0.160. The first-order valence-electron chi connectivity index (χ1n) is 9.80. The average Bonchev–Trinajstić information content (AvgIpc) is 3.09. The molecule has 0 atom stereocenters. The third-order valence-electron chi connectivity index (χ3n) is 4.97. The van der Waals surface area contributed by atoms with E-state index in [1.54, 1.807) is 0 Å². The summed E-state index contributed by atoms with van der Waals surface area (Å²) in [6.45, 7) is 5.20. The van der Waals surface area contributed by atoms with Crippen LogP contribution in [0.15, 0.2) is 60.7 Å². The zero-order valence-electron chi connectivity index (χ0n) is 16.9. The first-order chi connectivity index (χ1) is 14.5. The van der Waals surface area contributed by atoms with Gasteiger partial charge in [0.05, 0.1) is 17.6 Å². The zero-order valence-corrected chi connectivity index (χ0v) is 18.4. The molecule has 0 N–H and O–H groups in total. The molecule has 152 valence electrons. The number of rotatable bonds is 6. The van der Waals surface area contributed by atoms with E-state index in [1.807, 2.05) is 80.6 Å². The van der Waals surface area contributed by atoms with Crippen molar-refractivity contribution in [2.45, 2.75) is 20.4 Å². The van der Waals surface area contributed by atoms with Gasteiger partial charge < -0.3 is 9.30 Å². The van der Waals surface area contributed by atoms with Crippen LogP contribution in [0.3, 0.4) is 0 Å². The van der Waals surface area contributed by atoms with Crippen LogP contribution >= 0.6 is 23.2 Å². The van der Waals surface area contributed by atoms with Gasteiger partial charge in [0.15, 0.2) is 0 Å². The normalized spacial score (nSPS) is 11.5. The Bertz CT molecular complexity index is 1190. The number of aromatic nitrogens is 2. The number of imidazole rings is 1. The van der Waals surface area contributed by atoms with E-state index in [0.29, 0.717) is 13.2 Å². The molecule has 30 heavy (non-hydrogen) atoms. The molecule has 0 amide bonds. The molecule has 3 aromatic carbocycles. The van der Waals surface area contributed by atoms with Crippen LogP contribution in [0.25, 0.3) is 23.2 Å². The van der Waals surface area contributed by atoms with Gasteiger partial charge in [-0.05, 0) is 73.0 Å². The van der Waals surface area contributed by atoms with Crippen LogP contribution in [-0.4, -0.2) is 16.2 Å². The number of halogens is 2. The lowest BCUT2D eigenvalue weighted by Gasteiger charge is -2.12. The molecule has 0 fully saturated rings. The molecule has 1 heterocycles. The molecule has 0 radical (unpaired) electrons. The van der Waals surface area contributed by atoms with Gasteiger partial charge in [0.25, 0.3) is 0 Å². The van der Waals surface area contributed by atoms with E-state index in [2.05, 4.69) is 10.6 Å². The van der Waals surface area contributed by atoms with Crippen molar-refractivity contribution in [2.75, 3.05) is 6.61 Å². The Balaban J connectivity index is 1.56. The van der Waals surface area contributed by atoms with Crippen LogP contribution in [0, 0.1) is 13.8 Å². The number of benzene rings is 3. The topological polar surface area (TPSA) is 27.1 Å². The molecule has 4 rings (SSSR count). The van der Waals surface area contributed by atoms with Crippen LogP contribution in [0.2, 0.25) is 10.0 Å². The lowest BCUT2D eigenvalue weighted by Crippen LogP contribution is -2.10. The largest absolute Gasteiger partial charge is 0.492 e. The molecule has 4 aromatic rings. The third kappa shape index (κ3) is 4.53. The van der Waals surface area contributed by atoms with E-state index in [-0.39, 0.29) is 0 Å². The highest BCUT2D eigenvalue weighted by Gasteiger charge is 2.09. The maximum atomic E-state index is 6.26. The lowest BCUT2D eigenvalue weighted by atomic mass is 10.1. The van der Waals surface area contributed by atoms with Gasteiger partial charge in [-0.1, -0.05) is 53.5 Å². The lowest BCUT2D eigenvalue weighted by molar-refractivity contribution is 0.299. The standard InChI is InChI=1S/C25H22Cl2N2O/c1-17-15-21(16-18(2)25(17)27)30-14-13-29-23-6-4-3-5-22(23)28-24(29)12-9-19-7-10-20(26)11-8-19/h3-12,15-16H,13-14H2,1-2H3/b12-9+. The second-order valence-corrected chi connectivity index (χ2v) is 8.03. The van der Waals surface area contributed by atoms with Crippen molar-refractivity contribution in [1.29, 1.82) is 0 Å². The SMILES string of the molecule is Cc1cc(OCCn2c(/C=C/c3ccc(Cl)cc3)nc3ccccc32)cc(C)c1Cl. The minimum Gasteiger partial charge on any atom is -0.492 e. The highest BCUT2D eigenvalue weighted by molar-refractivity contribution is 6.32. The van der Waals surface area contributed by atoms with Gasteiger partial charge in [0.2, 0.25) is 0 Å². The molecule has 0 spiro atoms. The summed E-state index contributed by atoms with van der Waals surface area (Å²) >= 11 is 12.2. The Labute approximate surface area is 186 Å². The number of ether oxygens (including phenoxy) is 1. The molecule has 0 aliphatic carbocycles. The number of para-hydroxylation sites is 2. The average molecular weight is 437 g/mol. The molecule has 0 aliphatic heterocycles. The van der Waals surface area contributed by atoms with Gasteiger partial charge in [-0.25, -0.2) is 4.98 Å². The van der Waals surface area contributed by atoms with Crippen LogP contribution in [0.5, 0.6) is 5.75 Å². The van der Waals surface area contributed by atoms with Crippen LogP contribution in [0.4, 0.5) is 0 Å². The van der Waals surface area contributed by atoms with Gasteiger partial charge in [-0.15, -0.1) is 0 Å². The van der Waals surface area contributed by atoms with Gasteiger partial charge in [-0.3, -0.25) is 0 Å². The van der Waals surface area contributed by atoms with Crippen molar-refractivity contribution in [3.63, 3.8) is 0 Å². The predicted octanol–water partition coefficient (Wildman–Crippen LogP) is 7.21. The fourth-order valence-corrected chi connectivity index (χ4v) is 3.68. The molecule has 1 aromatic heterocycles. The van der Waals surface area contributed by atoms with E-state index >= 15 is 0 Å². The van der Waals surface area contributed by atoms with Crippen LogP contribution in [0.1, 0.15) is 22.5 Å². The molecular weight excluding hydrogens is 415 g/mol. The fourth-order valence-electron chi connectivity index (χ4n) is 3.45. The second kappa shape index (κ2) is 8.95. The summed E-state index contributed by atoms with van der Waals surface area (Å²) in [6, 6.07) is 19.8. The summed E-state index contributed by atoms with van der Waals surface area (Å²) in [7, 11) is 0. The summed E-state index contributed by atoms with van der Waals surface area (Å²) in [4.78, 5) is 4.79. The summed E-state index contributed by atoms with van der Waals surface area (Å²) in [5.74, 6) is 1.72. The van der Waals surface area contributed by atoms with Gasteiger partial charge in [-0.2, -0.15) is 0 Å². The Hall–Kier alpha value is -2.75. The van der Waals surface area contributed by atoms with Crippen molar-refractivity contribution >= 4 is 46.4 Å². The van der Waals surface area contributed by atoms with Gasteiger partial charge in [0, 0.05) is 10.0 Å². The Morgan fingerprint density at radius 3 is 2.37 bits per heavy atom. The van der Waals surface area contributed by atoms with E-state index < -0.39 is 0 Å². The van der Waals surface area contributed by atoms with Crippen LogP contribution in [-0.2, 0) is 6.54 Å². The van der Waals surface area contributed by atoms with E-state index in [9.17, 15) is 0 Å². The van der Waals surface area contributed by atoms with E-state index in [1.165, 1.54) is 0 Å². The number of hydrogen-bond acceptors (Lipinski definition) is 2. The number of fused-ring (bicyclic) bond motifs is 1. The Morgan fingerprint density at radius 2 is 1.63 bits per heavy atom. The monoisotopic (exact) mass is 436 g/mol. The highest BCUT2D eigenvalue weighted by Crippen LogP contribution is 2.26. The van der Waals surface area contributed by atoms with Crippen molar-refractivity contribution in [3.05, 3.63) is 93.2 Å². The summed E-state index contributed by atoms with van der Waals surface area (Å²) in [5.41, 5.74) is 5.16. The molecule has 0 saturated carbocycles. The van der Waals surface area contributed by atoms with Crippen molar-refractivity contribution in [1.82, 2.24) is 9.55 Å². The molecule has 5 heteroatoms. The second-order valence-electron chi connectivity index (χ2n) is 7.21. The van der Waals surface area contributed by atoms with Crippen LogP contribution < -0.4 is 4.74 Å². The molecule has 0 saturated heterocycles. The Kier molecular flexibility index (Phi) is 6.12. The predicted molar refractivity (Wildman–Crippen MR) is 127 cm³/mol. The molecule has 0 unspecified atom stereocenters. The number of aryl methyl sites for hydroxylation is 2. The maximum absolute atomic E-state index is 6.26. The quantitative estimate of drug-likeness (QED) is 0.319. The van der Waals surface area contributed by atoms with Crippen molar-refractivity contribution in [2.24, 2.45) is 0 Å². The van der Waals surface area contributed by atoms with Crippen molar-refractivity contribution in [3.8, 4) is 5.75 Å². The Morgan fingerprint density at radius 1 is 0.933 bits per heavy atom. The van der Waals surface area contributed by atoms with Gasteiger partial charge >= 0.3 is 0 Å². The smallest absolute Gasteiger partial charge is 0.133 e. The zero-order chi connectivity index (χ0) is 21.1. The summed E-state index contributed by atoms with van der Waals surface area (Å²) in [6.07, 6.45) is 4.07. The first kappa shape index (κ1) is 20.5. The number of nitrogens with zero attached hydrogens (tertiary/aromatic N) is 2. The molecule has 0 aliphatic rings. The minimum atomic E-state index is 0.530. The molecular formula is C25H22Cl2N2O. The molecule has 0 bridgehead atoms. The van der Waals surface area contributed by atoms with E-state index in [0.717, 1.165) is 49.3 Å². The number of hydrogen-bond donors (Lipinski definition) is 0. The first-order valence-corrected chi connectivity index (χ1v) is 10.6. The minimum absolute atomic E-state index is 0.530. The third-order valence-corrected chi connectivity index (χ3v) is 5.82. The van der Waals surface area contributed by atoms with E-state index in [4.69, 9.17) is 32.9 Å². The molecule has 3 nitrogen and oxygen atoms in total. The highest BCUT2D eigenvalue weighted by atomic mass is 35.5. The maximum Gasteiger partial charge on any atom is 0.133 e. The summed E-state index contributed by atoms with van der Waals surface area (Å²) in [5, 5.41) is 1.52. The summed E-state index contributed by atoms with van der Waals surface area (Å²) < 4.78 is 8.21.